The summed E-state index contributed by atoms with van der Waals surface area (Å²) in [5.74, 6) is 1.47. The first-order valence-corrected chi connectivity index (χ1v) is 6.29. The predicted molar refractivity (Wildman–Crippen MR) is 70.8 cm³/mol. The van der Waals surface area contributed by atoms with Gasteiger partial charge in [0.15, 0.2) is 0 Å². The van der Waals surface area contributed by atoms with E-state index in [1.807, 2.05) is 23.9 Å². The molecule has 0 saturated carbocycles. The summed E-state index contributed by atoms with van der Waals surface area (Å²) in [4.78, 5) is 8.93. The minimum Gasteiger partial charge on any atom is -0.383 e. The molecule has 0 aromatic carbocycles. The van der Waals surface area contributed by atoms with Crippen LogP contribution >= 0.6 is 0 Å². The van der Waals surface area contributed by atoms with Crippen molar-refractivity contribution in [2.45, 2.75) is 39.0 Å². The van der Waals surface area contributed by atoms with Crippen LogP contribution in [0.2, 0.25) is 0 Å². The van der Waals surface area contributed by atoms with Gasteiger partial charge < -0.3 is 10.3 Å². The van der Waals surface area contributed by atoms with Crippen LogP contribution in [0.3, 0.4) is 0 Å². The molecule has 0 aliphatic carbocycles. The second-order valence-electron chi connectivity index (χ2n) is 4.50. The molecule has 2 rings (SSSR count). The fraction of sp³-hybridized carbons (Fsp3) is 0.538. The van der Waals surface area contributed by atoms with Crippen molar-refractivity contribution in [1.29, 1.82) is 0 Å². The summed E-state index contributed by atoms with van der Waals surface area (Å²) >= 11 is 0. The average Bonchev–Trinajstić information content (AvgIpc) is 2.68. The molecule has 2 aromatic rings. The third-order valence-electron chi connectivity index (χ3n) is 3.05. The molecule has 2 heterocycles. The molecule has 4 nitrogen and oxygen atoms in total. The van der Waals surface area contributed by atoms with Gasteiger partial charge in [-0.2, -0.15) is 0 Å². The van der Waals surface area contributed by atoms with Gasteiger partial charge >= 0.3 is 0 Å². The van der Waals surface area contributed by atoms with Crippen molar-refractivity contribution in [2.24, 2.45) is 7.05 Å². The van der Waals surface area contributed by atoms with Crippen LogP contribution in [0.1, 0.15) is 38.4 Å². The van der Waals surface area contributed by atoms with Gasteiger partial charge in [-0.3, -0.25) is 0 Å². The van der Waals surface area contributed by atoms with E-state index >= 15 is 0 Å². The van der Waals surface area contributed by atoms with E-state index in [1.165, 1.54) is 19.3 Å². The molecule has 0 spiro atoms. The van der Waals surface area contributed by atoms with Crippen LogP contribution in [0, 0.1) is 0 Å². The van der Waals surface area contributed by atoms with Crippen molar-refractivity contribution in [2.75, 3.05) is 5.73 Å². The highest BCUT2D eigenvalue weighted by Gasteiger charge is 2.07. The molecule has 0 aliphatic rings. The molecule has 0 amide bonds. The van der Waals surface area contributed by atoms with Crippen molar-refractivity contribution in [3.63, 3.8) is 0 Å². The maximum atomic E-state index is 5.94. The highest BCUT2D eigenvalue weighted by atomic mass is 15.1. The Hall–Kier alpha value is -1.58. The highest BCUT2D eigenvalue weighted by Crippen LogP contribution is 2.18. The summed E-state index contributed by atoms with van der Waals surface area (Å²) in [5.41, 5.74) is 6.87. The molecule has 0 saturated heterocycles. The van der Waals surface area contributed by atoms with Gasteiger partial charge in [0.2, 0.25) is 0 Å². The third-order valence-corrected chi connectivity index (χ3v) is 3.05. The number of aromatic nitrogens is 3. The van der Waals surface area contributed by atoms with Crippen LogP contribution in [0.4, 0.5) is 5.82 Å². The molecular weight excluding hydrogens is 212 g/mol. The van der Waals surface area contributed by atoms with Gasteiger partial charge in [-0.25, -0.2) is 9.97 Å². The smallest absolute Gasteiger partial charge is 0.145 e. The number of unbranched alkanes of at least 4 members (excludes halogenated alkanes) is 3. The normalized spacial score (nSPS) is 11.2. The number of aryl methyl sites for hydroxylation is 2. The number of hydrogen-bond acceptors (Lipinski definition) is 3. The number of hydrogen-bond donors (Lipinski definition) is 1. The van der Waals surface area contributed by atoms with E-state index in [-0.39, 0.29) is 0 Å². The quantitative estimate of drug-likeness (QED) is 0.806. The van der Waals surface area contributed by atoms with Gasteiger partial charge in [-0.05, 0) is 12.5 Å². The minimum atomic E-state index is 0.598. The van der Waals surface area contributed by atoms with E-state index < -0.39 is 0 Å². The van der Waals surface area contributed by atoms with Crippen molar-refractivity contribution in [3.8, 4) is 0 Å². The van der Waals surface area contributed by atoms with E-state index in [1.54, 1.807) is 0 Å². The Morgan fingerprint density at radius 2 is 2.06 bits per heavy atom. The van der Waals surface area contributed by atoms with Crippen LogP contribution in [0.5, 0.6) is 0 Å². The molecular formula is C13H20N4. The lowest BCUT2D eigenvalue weighted by molar-refractivity contribution is 0.653. The summed E-state index contributed by atoms with van der Waals surface area (Å²) < 4.78 is 1.99. The Kier molecular flexibility index (Phi) is 3.61. The number of anilines is 1. The summed E-state index contributed by atoms with van der Waals surface area (Å²) in [6, 6.07) is 1.96. The van der Waals surface area contributed by atoms with Gasteiger partial charge in [-0.1, -0.05) is 26.2 Å². The molecule has 2 aromatic heterocycles. The first kappa shape index (κ1) is 11.9. The zero-order chi connectivity index (χ0) is 12.3. The molecule has 4 heteroatoms. The molecule has 0 atom stereocenters. The predicted octanol–water partition coefficient (Wildman–Crippen LogP) is 2.67. The molecule has 17 heavy (non-hydrogen) atoms. The molecule has 2 N–H and O–H groups in total. The topological polar surface area (TPSA) is 56.7 Å². The molecule has 92 valence electrons. The van der Waals surface area contributed by atoms with Crippen molar-refractivity contribution in [1.82, 2.24) is 14.5 Å². The average molecular weight is 232 g/mol. The van der Waals surface area contributed by atoms with E-state index in [2.05, 4.69) is 16.9 Å². The summed E-state index contributed by atoms with van der Waals surface area (Å²) in [5, 5.41) is 0.949. The standard InChI is InChI=1S/C13H20N4/c1-3-4-5-6-7-11-15-12(14)10-8-9-17(2)13(10)16-11/h8-9H,3-7H2,1-2H3,(H2,14,15,16). The van der Waals surface area contributed by atoms with Gasteiger partial charge in [0.25, 0.3) is 0 Å². The Morgan fingerprint density at radius 3 is 2.82 bits per heavy atom. The van der Waals surface area contributed by atoms with E-state index in [0.29, 0.717) is 5.82 Å². The van der Waals surface area contributed by atoms with Gasteiger partial charge in [0.1, 0.15) is 17.3 Å². The van der Waals surface area contributed by atoms with Crippen LogP contribution in [0.15, 0.2) is 12.3 Å². The molecule has 0 bridgehead atoms. The summed E-state index contributed by atoms with van der Waals surface area (Å²) in [6.07, 6.45) is 7.80. The second-order valence-corrected chi connectivity index (χ2v) is 4.50. The van der Waals surface area contributed by atoms with Crippen molar-refractivity contribution in [3.05, 3.63) is 18.1 Å². The number of rotatable bonds is 5. The minimum absolute atomic E-state index is 0.598. The zero-order valence-electron chi connectivity index (χ0n) is 10.6. The fourth-order valence-electron chi connectivity index (χ4n) is 2.03. The lowest BCUT2D eigenvalue weighted by Gasteiger charge is -2.03. The highest BCUT2D eigenvalue weighted by molar-refractivity contribution is 5.86. The van der Waals surface area contributed by atoms with Crippen LogP contribution < -0.4 is 5.73 Å². The van der Waals surface area contributed by atoms with Crippen LogP contribution in [0.25, 0.3) is 11.0 Å². The zero-order valence-corrected chi connectivity index (χ0v) is 10.6. The Labute approximate surface area is 102 Å². The molecule has 0 unspecified atom stereocenters. The maximum Gasteiger partial charge on any atom is 0.145 e. The number of nitrogen functional groups attached to an aromatic ring is 1. The molecule has 0 aliphatic heterocycles. The Balaban J connectivity index is 2.15. The van der Waals surface area contributed by atoms with Crippen molar-refractivity contribution < 1.29 is 0 Å². The number of nitrogens with two attached hydrogens (primary N) is 1. The van der Waals surface area contributed by atoms with E-state index in [0.717, 1.165) is 29.7 Å². The lowest BCUT2D eigenvalue weighted by Crippen LogP contribution is -2.02. The summed E-state index contributed by atoms with van der Waals surface area (Å²) in [6.45, 7) is 2.21. The molecule has 0 radical (unpaired) electrons. The summed E-state index contributed by atoms with van der Waals surface area (Å²) in [7, 11) is 1.98. The first-order chi connectivity index (χ1) is 8.22. The second kappa shape index (κ2) is 5.17. The van der Waals surface area contributed by atoms with Crippen LogP contribution in [-0.4, -0.2) is 14.5 Å². The fourth-order valence-corrected chi connectivity index (χ4v) is 2.03. The monoisotopic (exact) mass is 232 g/mol. The van der Waals surface area contributed by atoms with Gasteiger partial charge in [0.05, 0.1) is 5.39 Å². The SMILES string of the molecule is CCCCCCc1nc(N)c2ccn(C)c2n1. The Morgan fingerprint density at radius 1 is 1.24 bits per heavy atom. The Bertz CT molecular complexity index is 501. The number of fused-ring (bicyclic) bond motifs is 1. The van der Waals surface area contributed by atoms with Crippen molar-refractivity contribution >= 4 is 16.9 Å². The molecule has 0 fully saturated rings. The first-order valence-electron chi connectivity index (χ1n) is 6.29. The third kappa shape index (κ3) is 2.57. The van der Waals surface area contributed by atoms with E-state index in [4.69, 9.17) is 5.73 Å². The maximum absolute atomic E-state index is 5.94. The largest absolute Gasteiger partial charge is 0.383 e. The lowest BCUT2D eigenvalue weighted by atomic mass is 10.1. The number of nitrogens with zero attached hydrogens (tertiary/aromatic N) is 3. The van der Waals surface area contributed by atoms with Gasteiger partial charge in [-0.15, -0.1) is 0 Å². The van der Waals surface area contributed by atoms with Gasteiger partial charge in [0, 0.05) is 19.7 Å². The van der Waals surface area contributed by atoms with Crippen LogP contribution in [-0.2, 0) is 13.5 Å². The van der Waals surface area contributed by atoms with E-state index in [9.17, 15) is 0 Å².